The number of halogens is 1. The van der Waals surface area contributed by atoms with Crippen LogP contribution in [0.5, 0.6) is 0 Å². The van der Waals surface area contributed by atoms with Crippen molar-refractivity contribution in [3.05, 3.63) is 41.2 Å². The first kappa shape index (κ1) is 17.1. The minimum absolute atomic E-state index is 0.0485. The number of aromatic nitrogens is 4. The Kier molecular flexibility index (Phi) is 4.67. The first-order valence-corrected chi connectivity index (χ1v) is 8.94. The molecule has 2 aromatic rings. The monoisotopic (exact) mass is 359 g/mol. The normalized spacial score (nSPS) is 19.5. The molecule has 138 valence electrons. The molecule has 1 amide bonds. The molecular weight excluding hydrogens is 337 g/mol. The molecular formula is C18H22FN5O2. The van der Waals surface area contributed by atoms with Crippen LogP contribution in [0.4, 0.5) is 4.39 Å². The van der Waals surface area contributed by atoms with Gasteiger partial charge in [0.25, 0.3) is 0 Å². The molecule has 1 aliphatic carbocycles. The average molecular weight is 359 g/mol. The number of nitrogens with zero attached hydrogens (tertiary/aromatic N) is 5. The molecule has 3 heterocycles. The lowest BCUT2D eigenvalue weighted by atomic mass is 9.98. The molecule has 0 aromatic carbocycles. The SMILES string of the molecule is Cn1nnc2c1C(COCC1CC1)CN(C(=O)Cc1ccc(F)cn1)C2. The van der Waals surface area contributed by atoms with Gasteiger partial charge < -0.3 is 9.64 Å². The van der Waals surface area contributed by atoms with Crippen molar-refractivity contribution in [3.63, 3.8) is 0 Å². The smallest absolute Gasteiger partial charge is 0.228 e. The van der Waals surface area contributed by atoms with Crippen LogP contribution in [0.15, 0.2) is 18.3 Å². The van der Waals surface area contributed by atoms with Gasteiger partial charge in [0.2, 0.25) is 5.91 Å². The fourth-order valence-corrected chi connectivity index (χ4v) is 3.38. The summed E-state index contributed by atoms with van der Waals surface area (Å²) in [5.41, 5.74) is 2.42. The quantitative estimate of drug-likeness (QED) is 0.780. The van der Waals surface area contributed by atoms with E-state index in [2.05, 4.69) is 15.3 Å². The third-order valence-electron chi connectivity index (χ3n) is 4.96. The number of pyridine rings is 1. The Morgan fingerprint density at radius 3 is 2.92 bits per heavy atom. The van der Waals surface area contributed by atoms with Crippen LogP contribution in [-0.2, 0) is 29.5 Å². The highest BCUT2D eigenvalue weighted by atomic mass is 19.1. The van der Waals surface area contributed by atoms with Crippen molar-refractivity contribution in [2.45, 2.75) is 31.7 Å². The highest BCUT2D eigenvalue weighted by molar-refractivity contribution is 5.78. The van der Waals surface area contributed by atoms with E-state index < -0.39 is 5.82 Å². The van der Waals surface area contributed by atoms with E-state index in [1.165, 1.54) is 18.9 Å². The van der Waals surface area contributed by atoms with Gasteiger partial charge in [-0.2, -0.15) is 0 Å². The largest absolute Gasteiger partial charge is 0.380 e. The van der Waals surface area contributed by atoms with Gasteiger partial charge in [0.05, 0.1) is 31.5 Å². The molecule has 0 radical (unpaired) electrons. The number of hydrogen-bond acceptors (Lipinski definition) is 5. The minimum Gasteiger partial charge on any atom is -0.380 e. The lowest BCUT2D eigenvalue weighted by Crippen LogP contribution is -2.41. The molecule has 2 aromatic heterocycles. The fourth-order valence-electron chi connectivity index (χ4n) is 3.38. The third-order valence-corrected chi connectivity index (χ3v) is 4.96. The van der Waals surface area contributed by atoms with Crippen molar-refractivity contribution < 1.29 is 13.9 Å². The van der Waals surface area contributed by atoms with Gasteiger partial charge in [-0.3, -0.25) is 14.5 Å². The molecule has 1 atom stereocenters. The summed E-state index contributed by atoms with van der Waals surface area (Å²) < 4.78 is 20.6. The Morgan fingerprint density at radius 1 is 1.35 bits per heavy atom. The molecule has 1 unspecified atom stereocenters. The van der Waals surface area contributed by atoms with Crippen LogP contribution in [0, 0.1) is 11.7 Å². The van der Waals surface area contributed by atoms with Gasteiger partial charge >= 0.3 is 0 Å². The molecule has 4 rings (SSSR count). The molecule has 1 aliphatic heterocycles. The predicted molar refractivity (Wildman–Crippen MR) is 90.6 cm³/mol. The molecule has 0 saturated heterocycles. The molecule has 2 aliphatic rings. The molecule has 0 N–H and O–H groups in total. The topological polar surface area (TPSA) is 73.1 Å². The van der Waals surface area contributed by atoms with Gasteiger partial charge in [0.15, 0.2) is 0 Å². The number of fused-ring (bicyclic) bond motifs is 1. The van der Waals surface area contributed by atoms with Crippen LogP contribution < -0.4 is 0 Å². The highest BCUT2D eigenvalue weighted by Gasteiger charge is 2.33. The average Bonchev–Trinajstić information content (AvgIpc) is 3.38. The second-order valence-corrected chi connectivity index (χ2v) is 7.14. The van der Waals surface area contributed by atoms with Crippen molar-refractivity contribution in [1.82, 2.24) is 24.9 Å². The Labute approximate surface area is 151 Å². The molecule has 1 saturated carbocycles. The Bertz CT molecular complexity index is 787. The minimum atomic E-state index is -0.406. The van der Waals surface area contributed by atoms with Gasteiger partial charge in [-0.15, -0.1) is 5.10 Å². The van der Waals surface area contributed by atoms with E-state index in [-0.39, 0.29) is 18.2 Å². The molecule has 0 bridgehead atoms. The van der Waals surface area contributed by atoms with Crippen molar-refractivity contribution in [1.29, 1.82) is 0 Å². The summed E-state index contributed by atoms with van der Waals surface area (Å²) in [6, 6.07) is 2.86. The van der Waals surface area contributed by atoms with Crippen LogP contribution in [0.2, 0.25) is 0 Å². The van der Waals surface area contributed by atoms with E-state index in [1.54, 1.807) is 15.6 Å². The molecule has 8 heteroatoms. The first-order valence-electron chi connectivity index (χ1n) is 8.94. The van der Waals surface area contributed by atoms with Crippen LogP contribution in [0.25, 0.3) is 0 Å². The van der Waals surface area contributed by atoms with Crippen LogP contribution >= 0.6 is 0 Å². The molecule has 1 fully saturated rings. The lowest BCUT2D eigenvalue weighted by molar-refractivity contribution is -0.132. The van der Waals surface area contributed by atoms with Crippen molar-refractivity contribution in [2.24, 2.45) is 13.0 Å². The maximum absolute atomic E-state index is 13.0. The number of ether oxygens (including phenoxy) is 1. The summed E-state index contributed by atoms with van der Waals surface area (Å²) in [4.78, 5) is 18.5. The van der Waals surface area contributed by atoms with Crippen molar-refractivity contribution in [2.75, 3.05) is 19.8 Å². The predicted octanol–water partition coefficient (Wildman–Crippen LogP) is 1.44. The summed E-state index contributed by atoms with van der Waals surface area (Å²) in [6.45, 7) is 2.34. The molecule has 7 nitrogen and oxygen atoms in total. The maximum Gasteiger partial charge on any atom is 0.228 e. The lowest BCUT2D eigenvalue weighted by Gasteiger charge is -2.32. The zero-order valence-electron chi connectivity index (χ0n) is 14.8. The summed E-state index contributed by atoms with van der Waals surface area (Å²) in [5.74, 6) is 0.302. The summed E-state index contributed by atoms with van der Waals surface area (Å²) in [7, 11) is 1.87. The van der Waals surface area contributed by atoms with E-state index in [9.17, 15) is 9.18 Å². The first-order chi connectivity index (χ1) is 12.6. The number of carbonyl (C=O) groups is 1. The third kappa shape index (κ3) is 3.75. The van der Waals surface area contributed by atoms with E-state index >= 15 is 0 Å². The van der Waals surface area contributed by atoms with Crippen molar-refractivity contribution in [3.8, 4) is 0 Å². The van der Waals surface area contributed by atoms with Gasteiger partial charge in [-0.05, 0) is 30.9 Å². The number of amides is 1. The molecule has 26 heavy (non-hydrogen) atoms. The van der Waals surface area contributed by atoms with Gasteiger partial charge in [0, 0.05) is 31.8 Å². The van der Waals surface area contributed by atoms with Crippen molar-refractivity contribution >= 4 is 5.91 Å². The highest BCUT2D eigenvalue weighted by Crippen LogP contribution is 2.31. The van der Waals surface area contributed by atoms with Crippen LogP contribution in [-0.4, -0.2) is 50.5 Å². The number of carbonyl (C=O) groups excluding carboxylic acids is 1. The Morgan fingerprint density at radius 2 is 2.19 bits per heavy atom. The van der Waals surface area contributed by atoms with E-state index in [0.29, 0.717) is 31.3 Å². The van der Waals surface area contributed by atoms with E-state index in [1.807, 2.05) is 7.05 Å². The summed E-state index contributed by atoms with van der Waals surface area (Å²) in [5, 5.41) is 8.32. The number of hydrogen-bond donors (Lipinski definition) is 0. The number of aryl methyl sites for hydroxylation is 1. The fraction of sp³-hybridized carbons (Fsp3) is 0.556. The van der Waals surface area contributed by atoms with E-state index in [0.717, 1.165) is 24.2 Å². The van der Waals surface area contributed by atoms with Gasteiger partial charge in [-0.25, -0.2) is 4.39 Å². The van der Waals surface area contributed by atoms with E-state index in [4.69, 9.17) is 4.74 Å². The Hall–Kier alpha value is -2.35. The molecule has 0 spiro atoms. The van der Waals surface area contributed by atoms with Crippen LogP contribution in [0.3, 0.4) is 0 Å². The number of rotatable bonds is 6. The summed E-state index contributed by atoms with van der Waals surface area (Å²) >= 11 is 0. The second kappa shape index (κ2) is 7.11. The standard InChI is InChI=1S/C18H22FN5O2/c1-23-18-13(11-26-10-12-2-3-12)8-24(9-16(18)21-22-23)17(25)6-15-5-4-14(19)7-20-15/h4-5,7,12-13H,2-3,6,8-11H2,1H3. The Balaban J connectivity index is 1.44. The van der Waals surface area contributed by atoms with Crippen LogP contribution in [0.1, 0.15) is 35.8 Å². The second-order valence-electron chi connectivity index (χ2n) is 7.14. The zero-order valence-corrected chi connectivity index (χ0v) is 14.8. The van der Waals surface area contributed by atoms with Gasteiger partial charge in [0.1, 0.15) is 11.5 Å². The maximum atomic E-state index is 13.0. The summed E-state index contributed by atoms with van der Waals surface area (Å²) in [6.07, 6.45) is 3.77. The zero-order chi connectivity index (χ0) is 18.1. The van der Waals surface area contributed by atoms with Gasteiger partial charge in [-0.1, -0.05) is 5.21 Å².